The van der Waals surface area contributed by atoms with E-state index in [0.717, 1.165) is 24.3 Å². The Labute approximate surface area is 231 Å². The number of hydrogen-bond acceptors (Lipinski definition) is 6. The van der Waals surface area contributed by atoms with Gasteiger partial charge in [-0.3, -0.25) is 0 Å². The largest absolute Gasteiger partial charge is 0.493 e. The van der Waals surface area contributed by atoms with Crippen molar-refractivity contribution in [2.24, 2.45) is 0 Å². The average Bonchev–Trinajstić information content (AvgIpc) is 3.37. The summed E-state index contributed by atoms with van der Waals surface area (Å²) in [6.45, 7) is 1.71. The normalized spacial score (nSPS) is 15.4. The lowest BCUT2D eigenvalue weighted by Gasteiger charge is -2.28. The zero-order valence-corrected chi connectivity index (χ0v) is 22.1. The molecular formula is C26H15F8NO4S2. The number of alkyl halides is 3. The molecular weight excluding hydrogens is 606 g/mol. The second kappa shape index (κ2) is 10.3. The van der Waals surface area contributed by atoms with Gasteiger partial charge in [-0.1, -0.05) is 12.1 Å². The molecule has 1 aliphatic heterocycles. The van der Waals surface area contributed by atoms with Crippen molar-refractivity contribution in [3.8, 4) is 22.8 Å². The number of ether oxygens (including phenoxy) is 1. The van der Waals surface area contributed by atoms with Gasteiger partial charge in [0.1, 0.15) is 10.6 Å². The average molecular weight is 622 g/mol. The lowest BCUT2D eigenvalue weighted by Crippen LogP contribution is -2.18. The van der Waals surface area contributed by atoms with Crippen LogP contribution in [-0.4, -0.2) is 20.0 Å². The van der Waals surface area contributed by atoms with E-state index in [0.29, 0.717) is 28.2 Å². The number of fused-ring (bicyclic) bond motifs is 1. The first-order valence-corrected chi connectivity index (χ1v) is 13.8. The number of halogens is 8. The number of hydrogen-bond donors (Lipinski definition) is 0. The Balaban J connectivity index is 1.55. The zero-order chi connectivity index (χ0) is 29.9. The molecule has 216 valence electrons. The first kappa shape index (κ1) is 28.8. The molecule has 1 unspecified atom stereocenters. The van der Waals surface area contributed by atoms with E-state index in [2.05, 4.69) is 9.17 Å². The van der Waals surface area contributed by atoms with Gasteiger partial charge in [0.05, 0.1) is 22.9 Å². The van der Waals surface area contributed by atoms with E-state index < -0.39 is 67.5 Å². The van der Waals surface area contributed by atoms with Crippen molar-refractivity contribution in [3.05, 3.63) is 92.6 Å². The van der Waals surface area contributed by atoms with Crippen molar-refractivity contribution in [1.29, 1.82) is 0 Å². The Morgan fingerprint density at radius 3 is 2.17 bits per heavy atom. The molecule has 0 radical (unpaired) electrons. The van der Waals surface area contributed by atoms with Crippen LogP contribution >= 0.6 is 11.3 Å². The highest BCUT2D eigenvalue weighted by molar-refractivity contribution is 7.87. The van der Waals surface area contributed by atoms with Crippen LogP contribution in [-0.2, 0) is 16.3 Å². The van der Waals surface area contributed by atoms with Gasteiger partial charge in [-0.2, -0.15) is 30.4 Å². The summed E-state index contributed by atoms with van der Waals surface area (Å²) in [7, 11) is -5.14. The number of nitrogens with zero attached hydrogens (tertiary/aromatic N) is 1. The van der Waals surface area contributed by atoms with Crippen LogP contribution < -0.4 is 8.92 Å². The Morgan fingerprint density at radius 1 is 0.927 bits per heavy atom. The first-order chi connectivity index (χ1) is 19.2. The quantitative estimate of drug-likeness (QED) is 0.0999. The highest BCUT2D eigenvalue weighted by atomic mass is 32.2. The van der Waals surface area contributed by atoms with E-state index in [1.807, 2.05) is 0 Å². The molecule has 15 heteroatoms. The van der Waals surface area contributed by atoms with Gasteiger partial charge in [-0.15, -0.1) is 11.3 Å². The number of thiazole rings is 1. The monoisotopic (exact) mass is 621 g/mol. The molecule has 1 atom stereocenters. The van der Waals surface area contributed by atoms with Crippen LogP contribution in [0.25, 0.3) is 11.3 Å². The third-order valence-corrected chi connectivity index (χ3v) is 8.32. The molecule has 0 saturated carbocycles. The lowest BCUT2D eigenvalue weighted by molar-refractivity contribution is -0.137. The van der Waals surface area contributed by atoms with Crippen LogP contribution in [0.5, 0.6) is 11.5 Å². The number of aromatic nitrogens is 1. The van der Waals surface area contributed by atoms with E-state index in [1.54, 1.807) is 12.3 Å². The van der Waals surface area contributed by atoms with E-state index in [9.17, 15) is 43.5 Å². The van der Waals surface area contributed by atoms with Gasteiger partial charge in [0.2, 0.25) is 34.8 Å². The minimum atomic E-state index is -5.14. The van der Waals surface area contributed by atoms with E-state index in [1.165, 1.54) is 23.5 Å². The topological polar surface area (TPSA) is 65.5 Å². The third-order valence-electron chi connectivity index (χ3n) is 6.33. The smallest absolute Gasteiger partial charge is 0.416 e. The minimum absolute atomic E-state index is 0.0101. The Bertz CT molecular complexity index is 1760. The van der Waals surface area contributed by atoms with Crippen molar-refractivity contribution in [2.75, 3.05) is 6.61 Å². The minimum Gasteiger partial charge on any atom is -0.493 e. The summed E-state index contributed by atoms with van der Waals surface area (Å²) in [6, 6.07) is 6.36. The molecule has 5 nitrogen and oxygen atoms in total. The van der Waals surface area contributed by atoms with E-state index in [4.69, 9.17) is 4.74 Å². The van der Waals surface area contributed by atoms with Crippen LogP contribution in [0.4, 0.5) is 35.1 Å². The summed E-state index contributed by atoms with van der Waals surface area (Å²) >= 11 is 1.24. The fourth-order valence-electron chi connectivity index (χ4n) is 4.41. The van der Waals surface area contributed by atoms with Crippen molar-refractivity contribution in [3.63, 3.8) is 0 Å². The molecule has 0 fully saturated rings. The van der Waals surface area contributed by atoms with Crippen LogP contribution in [0.2, 0.25) is 0 Å². The summed E-state index contributed by atoms with van der Waals surface area (Å²) in [5.74, 6) is -14.9. The van der Waals surface area contributed by atoms with Gasteiger partial charge >= 0.3 is 16.3 Å². The van der Waals surface area contributed by atoms with Gasteiger partial charge in [-0.05, 0) is 37.1 Å². The lowest BCUT2D eigenvalue weighted by atomic mass is 9.83. The summed E-state index contributed by atoms with van der Waals surface area (Å²) in [6.07, 6.45) is -4.33. The van der Waals surface area contributed by atoms with Crippen molar-refractivity contribution in [1.82, 2.24) is 4.98 Å². The van der Waals surface area contributed by atoms with Crippen LogP contribution in [0.1, 0.15) is 34.0 Å². The third kappa shape index (κ3) is 5.23. The molecule has 3 aromatic carbocycles. The van der Waals surface area contributed by atoms with E-state index >= 15 is 0 Å². The Hall–Kier alpha value is -3.72. The second-order valence-corrected chi connectivity index (χ2v) is 11.5. The van der Waals surface area contributed by atoms with E-state index in [-0.39, 0.29) is 17.9 Å². The fraction of sp³-hybridized carbons (Fsp3) is 0.192. The van der Waals surface area contributed by atoms with Crippen molar-refractivity contribution in [2.45, 2.75) is 30.3 Å². The maximum Gasteiger partial charge on any atom is 0.416 e. The zero-order valence-electron chi connectivity index (χ0n) is 20.5. The molecule has 5 rings (SSSR count). The summed E-state index contributed by atoms with van der Waals surface area (Å²) in [4.78, 5) is 3.59. The van der Waals surface area contributed by atoms with Crippen LogP contribution in [0.3, 0.4) is 0 Å². The predicted octanol–water partition coefficient (Wildman–Crippen LogP) is 7.51. The molecule has 0 N–H and O–H groups in total. The summed E-state index contributed by atoms with van der Waals surface area (Å²) < 4.78 is 144. The van der Waals surface area contributed by atoms with Crippen molar-refractivity contribution >= 4 is 21.5 Å². The summed E-state index contributed by atoms with van der Waals surface area (Å²) in [5.41, 5.74) is 0.479. The van der Waals surface area contributed by atoms with Gasteiger partial charge in [0, 0.05) is 28.5 Å². The first-order valence-electron chi connectivity index (χ1n) is 11.6. The maximum absolute atomic E-state index is 14.0. The molecule has 0 saturated heterocycles. The summed E-state index contributed by atoms with van der Waals surface area (Å²) in [5, 5.41) is 2.24. The predicted molar refractivity (Wildman–Crippen MR) is 130 cm³/mol. The van der Waals surface area contributed by atoms with Gasteiger partial charge in [0.25, 0.3) is 0 Å². The van der Waals surface area contributed by atoms with Crippen LogP contribution in [0, 0.1) is 36.0 Å². The Kier molecular flexibility index (Phi) is 7.22. The van der Waals surface area contributed by atoms with Gasteiger partial charge in [0.15, 0.2) is 0 Å². The standard InChI is InChI=1S/C26H15F8NO4S2/c1-11-35-18(10-40-11)17-8-12(26(32,33)34)2-4-14(17)15-6-7-38-19-9-13(3-5-16(15)19)41(36,37)39-25-23(30)21(28)20(27)22(29)24(25)31/h2-5,8-10,15H,6-7H2,1H3. The molecule has 4 aromatic rings. The highest BCUT2D eigenvalue weighted by Gasteiger charge is 2.35. The molecule has 0 spiro atoms. The second-order valence-electron chi connectivity index (χ2n) is 8.88. The molecule has 2 heterocycles. The SMILES string of the molecule is Cc1nc(-c2cc(C(F)(F)F)ccc2C2CCOc3cc(S(=O)(=O)Oc4c(F)c(F)c(F)c(F)c4F)ccc32)cs1. The fourth-order valence-corrected chi connectivity index (χ4v) is 5.97. The molecule has 0 bridgehead atoms. The molecule has 0 aliphatic carbocycles. The van der Waals surface area contributed by atoms with Crippen LogP contribution in [0.15, 0.2) is 46.7 Å². The molecule has 0 amide bonds. The molecule has 1 aliphatic rings. The molecule has 1 aromatic heterocycles. The Morgan fingerprint density at radius 2 is 1.56 bits per heavy atom. The number of rotatable bonds is 5. The number of aryl methyl sites for hydroxylation is 1. The number of benzene rings is 3. The highest BCUT2D eigenvalue weighted by Crippen LogP contribution is 2.44. The maximum atomic E-state index is 14.0. The van der Waals surface area contributed by atoms with Crippen molar-refractivity contribution < 1.29 is 52.5 Å². The van der Waals surface area contributed by atoms with Gasteiger partial charge in [-0.25, -0.2) is 18.2 Å². The van der Waals surface area contributed by atoms with Gasteiger partial charge < -0.3 is 8.92 Å². The molecule has 41 heavy (non-hydrogen) atoms.